The van der Waals surface area contributed by atoms with Crippen molar-refractivity contribution >= 4 is 39.2 Å². The third-order valence-electron chi connectivity index (χ3n) is 4.20. The molecule has 1 atom stereocenters. The second kappa shape index (κ2) is 6.00. The van der Waals surface area contributed by atoms with Crippen LogP contribution in [-0.2, 0) is 6.54 Å². The van der Waals surface area contributed by atoms with Crippen LogP contribution < -0.4 is 0 Å². The Morgan fingerprint density at radius 3 is 2.80 bits per heavy atom. The zero-order valence-electron chi connectivity index (χ0n) is 11.7. The van der Waals surface area contributed by atoms with E-state index in [0.29, 0.717) is 6.04 Å². The first-order chi connectivity index (χ1) is 9.65. The molecule has 108 valence electrons. The van der Waals surface area contributed by atoms with E-state index in [0.717, 1.165) is 21.3 Å². The summed E-state index contributed by atoms with van der Waals surface area (Å²) in [7, 11) is 0. The molecule has 3 rings (SSSR count). The highest BCUT2D eigenvalue weighted by molar-refractivity contribution is 9.10. The van der Waals surface area contributed by atoms with Gasteiger partial charge in [0.05, 0.1) is 11.0 Å². The first-order valence-electron chi connectivity index (χ1n) is 7.27. The maximum absolute atomic E-state index is 5.49. The molecule has 0 bridgehead atoms. The second-order valence-corrected chi connectivity index (χ2v) is 6.95. The molecule has 1 unspecified atom stereocenters. The quantitative estimate of drug-likeness (QED) is 0.830. The fourth-order valence-corrected chi connectivity index (χ4v) is 3.68. The molecule has 0 amide bonds. The smallest absolute Gasteiger partial charge is 0.178 e. The highest BCUT2D eigenvalue weighted by atomic mass is 79.9. The lowest BCUT2D eigenvalue weighted by molar-refractivity contribution is 0.160. The van der Waals surface area contributed by atoms with E-state index in [1.165, 1.54) is 37.9 Å². The number of aromatic nitrogens is 2. The summed E-state index contributed by atoms with van der Waals surface area (Å²) >= 11 is 9.04. The lowest BCUT2D eigenvalue weighted by atomic mass is 10.1. The number of rotatable bonds is 3. The van der Waals surface area contributed by atoms with Gasteiger partial charge in [-0.05, 0) is 63.3 Å². The largest absolute Gasteiger partial charge is 0.331 e. The third kappa shape index (κ3) is 2.85. The van der Waals surface area contributed by atoms with Gasteiger partial charge in [0.1, 0.15) is 0 Å². The summed E-state index contributed by atoms with van der Waals surface area (Å²) in [6.07, 6.45) is 4.03. The number of likely N-dealkylation sites (tertiary alicyclic amines) is 1. The standard InChI is InChI=1S/C15H20BrN3S/c1-11(18-7-3-2-4-8-18)10-19-14-9-12(16)5-6-13(14)17-15(19)20/h5-6,9,11H,2-4,7-8,10H2,1H3,(H,17,20). The van der Waals surface area contributed by atoms with Crippen LogP contribution in [0.4, 0.5) is 0 Å². The predicted molar refractivity (Wildman–Crippen MR) is 89.7 cm³/mol. The maximum Gasteiger partial charge on any atom is 0.178 e. The zero-order valence-corrected chi connectivity index (χ0v) is 14.1. The van der Waals surface area contributed by atoms with E-state index < -0.39 is 0 Å². The fraction of sp³-hybridized carbons (Fsp3) is 0.533. The molecule has 1 aromatic carbocycles. The number of nitrogens with zero attached hydrogens (tertiary/aromatic N) is 2. The Morgan fingerprint density at radius 2 is 2.05 bits per heavy atom. The highest BCUT2D eigenvalue weighted by Crippen LogP contribution is 2.21. The number of halogens is 1. The van der Waals surface area contributed by atoms with Gasteiger partial charge in [-0.25, -0.2) is 0 Å². The van der Waals surface area contributed by atoms with Crippen molar-refractivity contribution < 1.29 is 0 Å². The number of fused-ring (bicyclic) bond motifs is 1. The van der Waals surface area contributed by atoms with Crippen LogP contribution in [-0.4, -0.2) is 33.6 Å². The molecular weight excluding hydrogens is 334 g/mol. The van der Waals surface area contributed by atoms with E-state index in [-0.39, 0.29) is 0 Å². The first kappa shape index (κ1) is 14.3. The van der Waals surface area contributed by atoms with Gasteiger partial charge in [-0.1, -0.05) is 22.4 Å². The number of piperidine rings is 1. The molecule has 1 aliphatic heterocycles. The predicted octanol–water partition coefficient (Wildman–Crippen LogP) is 4.34. The van der Waals surface area contributed by atoms with Gasteiger partial charge in [0.25, 0.3) is 0 Å². The molecule has 1 saturated heterocycles. The molecule has 0 aliphatic carbocycles. The van der Waals surface area contributed by atoms with Gasteiger partial charge in [0, 0.05) is 17.1 Å². The van der Waals surface area contributed by atoms with Gasteiger partial charge < -0.3 is 9.55 Å². The number of nitrogens with one attached hydrogen (secondary N) is 1. The minimum Gasteiger partial charge on any atom is -0.331 e. The van der Waals surface area contributed by atoms with Crippen molar-refractivity contribution in [1.29, 1.82) is 0 Å². The minimum atomic E-state index is 0.528. The van der Waals surface area contributed by atoms with Crippen molar-refractivity contribution in [1.82, 2.24) is 14.5 Å². The van der Waals surface area contributed by atoms with Gasteiger partial charge in [-0.2, -0.15) is 0 Å². The highest BCUT2D eigenvalue weighted by Gasteiger charge is 2.18. The fourth-order valence-electron chi connectivity index (χ4n) is 3.05. The van der Waals surface area contributed by atoms with Crippen LogP contribution in [0.2, 0.25) is 0 Å². The molecule has 2 heterocycles. The van der Waals surface area contributed by atoms with Gasteiger partial charge in [-0.15, -0.1) is 0 Å². The van der Waals surface area contributed by atoms with Crippen molar-refractivity contribution in [3.8, 4) is 0 Å². The van der Waals surface area contributed by atoms with Crippen LogP contribution in [0, 0.1) is 4.77 Å². The third-order valence-corrected chi connectivity index (χ3v) is 5.01. The van der Waals surface area contributed by atoms with Crippen LogP contribution in [0.5, 0.6) is 0 Å². The van der Waals surface area contributed by atoms with E-state index >= 15 is 0 Å². The average Bonchev–Trinajstić information content (AvgIpc) is 2.76. The monoisotopic (exact) mass is 353 g/mol. The molecule has 5 heteroatoms. The Hall–Kier alpha value is -0.650. The molecule has 1 N–H and O–H groups in total. The molecule has 0 radical (unpaired) electrons. The summed E-state index contributed by atoms with van der Waals surface area (Å²) in [6.45, 7) is 5.71. The van der Waals surface area contributed by atoms with E-state index in [4.69, 9.17) is 12.2 Å². The summed E-state index contributed by atoms with van der Waals surface area (Å²) in [4.78, 5) is 5.89. The van der Waals surface area contributed by atoms with Gasteiger partial charge in [-0.3, -0.25) is 4.90 Å². The van der Waals surface area contributed by atoms with E-state index in [2.05, 4.69) is 49.4 Å². The number of benzene rings is 1. The van der Waals surface area contributed by atoms with Crippen molar-refractivity contribution in [2.75, 3.05) is 13.1 Å². The van der Waals surface area contributed by atoms with Gasteiger partial charge in [0.2, 0.25) is 0 Å². The summed E-state index contributed by atoms with van der Waals surface area (Å²) < 4.78 is 4.15. The molecule has 1 fully saturated rings. The summed E-state index contributed by atoms with van der Waals surface area (Å²) in [5.41, 5.74) is 2.30. The average molecular weight is 354 g/mol. The number of imidazole rings is 1. The Labute approximate surface area is 133 Å². The van der Waals surface area contributed by atoms with Gasteiger partial charge in [0.15, 0.2) is 4.77 Å². The van der Waals surface area contributed by atoms with Crippen LogP contribution >= 0.6 is 28.1 Å². The van der Waals surface area contributed by atoms with Crippen LogP contribution in [0.25, 0.3) is 11.0 Å². The molecule has 1 aromatic heterocycles. The van der Waals surface area contributed by atoms with Crippen molar-refractivity contribution in [2.45, 2.75) is 38.8 Å². The molecular formula is C15H20BrN3S. The topological polar surface area (TPSA) is 24.0 Å². The Balaban J connectivity index is 1.88. The lowest BCUT2D eigenvalue weighted by Gasteiger charge is -2.32. The summed E-state index contributed by atoms with van der Waals surface area (Å²) in [5.74, 6) is 0. The summed E-state index contributed by atoms with van der Waals surface area (Å²) in [5, 5.41) is 0. The summed E-state index contributed by atoms with van der Waals surface area (Å²) in [6, 6.07) is 6.80. The Morgan fingerprint density at radius 1 is 1.30 bits per heavy atom. The number of H-pyrrole nitrogens is 1. The molecule has 1 aliphatic rings. The maximum atomic E-state index is 5.49. The molecule has 2 aromatic rings. The van der Waals surface area contributed by atoms with Crippen molar-refractivity contribution in [3.05, 3.63) is 27.4 Å². The zero-order chi connectivity index (χ0) is 14.1. The van der Waals surface area contributed by atoms with E-state index in [9.17, 15) is 0 Å². The molecule has 20 heavy (non-hydrogen) atoms. The lowest BCUT2D eigenvalue weighted by Crippen LogP contribution is -2.39. The van der Waals surface area contributed by atoms with Crippen LogP contribution in [0.15, 0.2) is 22.7 Å². The molecule has 0 spiro atoms. The van der Waals surface area contributed by atoms with Crippen molar-refractivity contribution in [3.63, 3.8) is 0 Å². The Kier molecular flexibility index (Phi) is 4.29. The Bertz CT molecular complexity index is 655. The number of aromatic amines is 1. The van der Waals surface area contributed by atoms with Crippen molar-refractivity contribution in [2.24, 2.45) is 0 Å². The normalized spacial score (nSPS) is 18.5. The SMILES string of the molecule is CC(Cn1c(=S)[nH]c2ccc(Br)cc21)N1CCCCC1. The number of hydrogen-bond acceptors (Lipinski definition) is 2. The van der Waals surface area contributed by atoms with Crippen LogP contribution in [0.3, 0.4) is 0 Å². The van der Waals surface area contributed by atoms with Crippen LogP contribution in [0.1, 0.15) is 26.2 Å². The van der Waals surface area contributed by atoms with E-state index in [1.54, 1.807) is 0 Å². The molecule has 3 nitrogen and oxygen atoms in total. The van der Waals surface area contributed by atoms with E-state index in [1.807, 2.05) is 6.07 Å². The molecule has 0 saturated carbocycles. The van der Waals surface area contributed by atoms with Gasteiger partial charge >= 0.3 is 0 Å². The minimum absolute atomic E-state index is 0.528. The first-order valence-corrected chi connectivity index (χ1v) is 8.47. The second-order valence-electron chi connectivity index (χ2n) is 5.65. The number of hydrogen-bond donors (Lipinski definition) is 1.